The molecule has 15 heteroatoms. The fourth-order valence-electron chi connectivity index (χ4n) is 8.56. The van der Waals surface area contributed by atoms with Crippen molar-refractivity contribution in [3.05, 3.63) is 67.3 Å². The third-order valence-electron chi connectivity index (χ3n) is 12.5. The maximum absolute atomic E-state index is 14.8. The minimum atomic E-state index is -4.05. The predicted octanol–water partition coefficient (Wildman–Crippen LogP) is 6.43. The van der Waals surface area contributed by atoms with Crippen LogP contribution in [-0.2, 0) is 29.1 Å². The summed E-state index contributed by atoms with van der Waals surface area (Å²) in [6.07, 6.45) is 4.67. The number of carbonyl (C=O) groups is 4. The summed E-state index contributed by atoms with van der Waals surface area (Å²) in [6, 6.07) is 14.5. The monoisotopic (exact) mass is 857 g/mol. The Balaban J connectivity index is 1.20. The summed E-state index contributed by atoms with van der Waals surface area (Å²) in [4.78, 5) is 63.0. The molecule has 4 fully saturated rings. The summed E-state index contributed by atoms with van der Waals surface area (Å²) in [6.45, 7) is 14.4. The number of alkyl carbamates (subject to hydrolysis) is 1. The molecule has 0 bridgehead atoms. The summed E-state index contributed by atoms with van der Waals surface area (Å²) in [7, 11) is -2.48. The molecule has 328 valence electrons. The number of nitrogens with zero attached hydrogens (tertiary/aromatic N) is 2. The fourth-order valence-corrected chi connectivity index (χ4v) is 10.3. The number of amides is 4. The molecular weight excluding hydrogens is 799 g/mol. The highest BCUT2D eigenvalue weighted by Gasteiger charge is 2.64. The maximum atomic E-state index is 14.8. The summed E-state index contributed by atoms with van der Waals surface area (Å²) < 4.78 is 46.7. The lowest BCUT2D eigenvalue weighted by Gasteiger charge is -2.36. The number of sulfonamides is 1. The van der Waals surface area contributed by atoms with E-state index >= 15 is 0 Å². The molecule has 4 amide bonds. The van der Waals surface area contributed by atoms with Gasteiger partial charge in [-0.05, 0) is 69.9 Å². The lowest BCUT2D eigenvalue weighted by atomic mass is 9.81. The maximum Gasteiger partial charge on any atom is 0.408 e. The molecule has 1 aliphatic heterocycles. The molecule has 2 aromatic carbocycles. The number of pyridine rings is 1. The lowest BCUT2D eigenvalue weighted by Crippen LogP contribution is -2.60. The molecule has 5 unspecified atom stereocenters. The standard InChI is InChI=1S/C46H59N5O9S/c1-9-30-26-46(30,41(54)50-61(56,57)45(20-21-45)25-28-14-13-15-28)49-39(52)36-23-32(27-51(36)40(53)38(43(2,3)4)48-42(55)60-44(5,6)7)59-37-24-34(29-16-11-10-12-17-29)47-35-22-31(58-8)18-19-33(35)37/h9-12,16-19,22,24,28,30,32,36,38H,1,13-15,20-21,23,25-27H2,2-8H3,(H,48,55)(H,49,52)(H,50,54). The minimum absolute atomic E-state index is 0.0147. The minimum Gasteiger partial charge on any atom is -0.497 e. The van der Waals surface area contributed by atoms with Crippen LogP contribution in [0.4, 0.5) is 4.79 Å². The molecule has 0 spiro atoms. The summed E-state index contributed by atoms with van der Waals surface area (Å²) in [5, 5.41) is 6.32. The van der Waals surface area contributed by atoms with Crippen LogP contribution in [0, 0.1) is 17.3 Å². The summed E-state index contributed by atoms with van der Waals surface area (Å²) >= 11 is 0. The first-order valence-electron chi connectivity index (χ1n) is 21.2. The first kappa shape index (κ1) is 43.9. The fraction of sp³-hybridized carbons (Fsp3) is 0.543. The molecule has 4 aliphatic rings. The normalized spacial score (nSPS) is 23.9. The molecule has 1 aromatic heterocycles. The van der Waals surface area contributed by atoms with Crippen LogP contribution in [0.2, 0.25) is 0 Å². The van der Waals surface area contributed by atoms with Crippen LogP contribution in [0.25, 0.3) is 22.2 Å². The number of carbonyl (C=O) groups excluding carboxylic acids is 4. The van der Waals surface area contributed by atoms with Crippen molar-refractivity contribution in [1.29, 1.82) is 0 Å². The Bertz CT molecular complexity index is 2310. The molecule has 5 atom stereocenters. The number of ether oxygens (including phenoxy) is 3. The average Bonchev–Trinajstić information content (AvgIpc) is 4.08. The third kappa shape index (κ3) is 9.22. The van der Waals surface area contributed by atoms with Gasteiger partial charge in [0.15, 0.2) is 0 Å². The molecule has 1 saturated heterocycles. The summed E-state index contributed by atoms with van der Waals surface area (Å²) in [5.41, 5.74) is -1.17. The van der Waals surface area contributed by atoms with Crippen molar-refractivity contribution in [2.75, 3.05) is 13.7 Å². The number of rotatable bonds is 14. The largest absolute Gasteiger partial charge is 0.497 e. The van der Waals surface area contributed by atoms with Crippen LogP contribution in [-0.4, -0.2) is 89.8 Å². The van der Waals surface area contributed by atoms with E-state index in [4.69, 9.17) is 19.2 Å². The van der Waals surface area contributed by atoms with Crippen molar-refractivity contribution in [1.82, 2.24) is 25.2 Å². The molecule has 61 heavy (non-hydrogen) atoms. The zero-order valence-corrected chi connectivity index (χ0v) is 37.0. The van der Waals surface area contributed by atoms with Gasteiger partial charge in [-0.2, -0.15) is 0 Å². The Hall–Kier alpha value is -5.18. The Morgan fingerprint density at radius 2 is 1.72 bits per heavy atom. The van der Waals surface area contributed by atoms with Gasteiger partial charge in [0.05, 0.1) is 29.6 Å². The van der Waals surface area contributed by atoms with E-state index in [9.17, 15) is 27.6 Å². The highest BCUT2D eigenvalue weighted by Crippen LogP contribution is 2.52. The van der Waals surface area contributed by atoms with E-state index in [-0.39, 0.29) is 19.4 Å². The number of likely N-dealkylation sites (tertiary alicyclic amines) is 1. The Morgan fingerprint density at radius 3 is 2.30 bits per heavy atom. The second-order valence-electron chi connectivity index (χ2n) is 19.3. The highest BCUT2D eigenvalue weighted by atomic mass is 32.2. The van der Waals surface area contributed by atoms with Crippen LogP contribution in [0.5, 0.6) is 11.5 Å². The molecule has 14 nitrogen and oxygen atoms in total. The number of hydrogen-bond acceptors (Lipinski definition) is 10. The predicted molar refractivity (Wildman–Crippen MR) is 231 cm³/mol. The van der Waals surface area contributed by atoms with Gasteiger partial charge in [-0.3, -0.25) is 19.1 Å². The van der Waals surface area contributed by atoms with E-state index in [1.54, 1.807) is 60.8 Å². The first-order chi connectivity index (χ1) is 28.7. The zero-order valence-electron chi connectivity index (χ0n) is 36.2. The van der Waals surface area contributed by atoms with Crippen LogP contribution in [0.1, 0.15) is 92.9 Å². The number of hydrogen-bond donors (Lipinski definition) is 3. The number of methoxy groups -OCH3 is 1. The van der Waals surface area contributed by atoms with E-state index in [0.29, 0.717) is 53.3 Å². The molecule has 3 aliphatic carbocycles. The molecule has 2 heterocycles. The van der Waals surface area contributed by atoms with Crippen LogP contribution in [0.15, 0.2) is 67.3 Å². The van der Waals surface area contributed by atoms with Gasteiger partial charge in [0.2, 0.25) is 21.8 Å². The van der Waals surface area contributed by atoms with E-state index < -0.39 is 79.2 Å². The molecule has 7 rings (SSSR count). The molecule has 3 aromatic rings. The van der Waals surface area contributed by atoms with E-state index in [2.05, 4.69) is 21.9 Å². The Kier molecular flexibility index (Phi) is 11.7. The number of nitrogens with one attached hydrogen (secondary N) is 3. The second-order valence-corrected chi connectivity index (χ2v) is 21.4. The van der Waals surface area contributed by atoms with Crippen LogP contribution >= 0.6 is 0 Å². The van der Waals surface area contributed by atoms with Gasteiger partial charge in [-0.1, -0.05) is 76.4 Å². The Labute approximate surface area is 358 Å². The van der Waals surface area contributed by atoms with Gasteiger partial charge in [0.1, 0.15) is 40.8 Å². The van der Waals surface area contributed by atoms with Crippen LogP contribution < -0.4 is 24.8 Å². The molecule has 0 radical (unpaired) electrons. The number of aromatic nitrogens is 1. The molecule has 3 saturated carbocycles. The zero-order chi connectivity index (χ0) is 44.1. The average molecular weight is 858 g/mol. The first-order valence-corrected chi connectivity index (χ1v) is 22.7. The van der Waals surface area contributed by atoms with Crippen LogP contribution in [0.3, 0.4) is 0 Å². The van der Waals surface area contributed by atoms with Gasteiger partial charge in [-0.15, -0.1) is 6.58 Å². The van der Waals surface area contributed by atoms with Crippen molar-refractivity contribution in [2.24, 2.45) is 17.3 Å². The highest BCUT2D eigenvalue weighted by molar-refractivity contribution is 7.91. The van der Waals surface area contributed by atoms with E-state index in [1.807, 2.05) is 42.5 Å². The Morgan fingerprint density at radius 1 is 1.02 bits per heavy atom. The van der Waals surface area contributed by atoms with Gasteiger partial charge < -0.3 is 29.7 Å². The van der Waals surface area contributed by atoms with Gasteiger partial charge in [0, 0.05) is 35.4 Å². The van der Waals surface area contributed by atoms with Crippen molar-refractivity contribution in [2.45, 2.75) is 127 Å². The van der Waals surface area contributed by atoms with Crippen molar-refractivity contribution in [3.63, 3.8) is 0 Å². The van der Waals surface area contributed by atoms with Crippen molar-refractivity contribution < 1.29 is 41.8 Å². The van der Waals surface area contributed by atoms with Gasteiger partial charge >= 0.3 is 6.09 Å². The van der Waals surface area contributed by atoms with E-state index in [1.165, 1.54) is 11.0 Å². The molecule has 3 N–H and O–H groups in total. The SMILES string of the molecule is C=CC1CC1(NC(=O)C1CC(Oc2cc(-c3ccccc3)nc3cc(OC)ccc23)CN1C(=O)C(NC(=O)OC(C)(C)C)C(C)(C)C)C(=O)NS(=O)(=O)C1(CC2CCC2)CC1. The van der Waals surface area contributed by atoms with E-state index in [0.717, 1.165) is 24.8 Å². The quantitative estimate of drug-likeness (QED) is 0.153. The number of benzene rings is 2. The van der Waals surface area contributed by atoms with Crippen molar-refractivity contribution >= 4 is 44.7 Å². The van der Waals surface area contributed by atoms with Crippen molar-refractivity contribution in [3.8, 4) is 22.8 Å². The smallest absolute Gasteiger partial charge is 0.408 e. The molecular formula is C46H59N5O9S. The third-order valence-corrected chi connectivity index (χ3v) is 14.7. The lowest BCUT2D eigenvalue weighted by molar-refractivity contribution is -0.143. The second kappa shape index (κ2) is 16.3. The number of fused-ring (bicyclic) bond motifs is 1. The van der Waals surface area contributed by atoms with Gasteiger partial charge in [0.25, 0.3) is 5.91 Å². The van der Waals surface area contributed by atoms with Gasteiger partial charge in [-0.25, -0.2) is 18.2 Å². The topological polar surface area (TPSA) is 182 Å². The summed E-state index contributed by atoms with van der Waals surface area (Å²) in [5.74, 6) is -1.18.